The highest BCUT2D eigenvalue weighted by Crippen LogP contribution is 2.23. The van der Waals surface area contributed by atoms with Crippen molar-refractivity contribution in [1.82, 2.24) is 0 Å². The van der Waals surface area contributed by atoms with Crippen LogP contribution in [0.4, 0.5) is 29.3 Å². The minimum absolute atomic E-state index is 0.476. The van der Waals surface area contributed by atoms with Gasteiger partial charge in [0.1, 0.15) is 12.4 Å². The van der Waals surface area contributed by atoms with E-state index in [-0.39, 0.29) is 0 Å². The van der Waals surface area contributed by atoms with E-state index in [9.17, 15) is 26.4 Å². The third-order valence-corrected chi connectivity index (χ3v) is 5.14. The van der Waals surface area contributed by atoms with Crippen molar-refractivity contribution in [3.63, 3.8) is 0 Å². The van der Waals surface area contributed by atoms with Gasteiger partial charge in [0.05, 0.1) is 5.75 Å². The lowest BCUT2D eigenvalue weighted by molar-refractivity contribution is -0.106. The second kappa shape index (κ2) is 9.11. The minimum Gasteiger partial charge on any atom is -0.448 e. The van der Waals surface area contributed by atoms with Gasteiger partial charge in [-0.15, -0.1) is 0 Å². The van der Waals surface area contributed by atoms with E-state index < -0.39 is 40.2 Å². The van der Waals surface area contributed by atoms with Crippen LogP contribution in [0, 0.1) is 6.92 Å². The van der Waals surface area contributed by atoms with Gasteiger partial charge in [0.2, 0.25) is 0 Å². The van der Waals surface area contributed by atoms with Gasteiger partial charge >= 0.3 is 12.3 Å². The number of hydrogen-bond donors (Lipinski definition) is 1. The lowest BCUT2D eigenvalue weighted by Gasteiger charge is -2.22. The van der Waals surface area contributed by atoms with Crippen molar-refractivity contribution < 1.29 is 31.1 Å². The van der Waals surface area contributed by atoms with Gasteiger partial charge in [0.15, 0.2) is 9.84 Å². The Kier molecular flexibility index (Phi) is 7.73. The van der Waals surface area contributed by atoms with E-state index >= 15 is 0 Å². The molecule has 1 aromatic rings. The summed E-state index contributed by atoms with van der Waals surface area (Å²) in [6, 6.07) is 5.39. The number of carbonyl (C=O) groups is 1. The average molecular weight is 396 g/mol. The lowest BCUT2D eigenvalue weighted by atomic mass is 10.1. The fourth-order valence-corrected chi connectivity index (χ4v) is 3.28. The van der Waals surface area contributed by atoms with Gasteiger partial charge in [-0.3, -0.25) is 5.32 Å². The summed E-state index contributed by atoms with van der Waals surface area (Å²) in [5, 5.41) is 2.45. The second-order valence-corrected chi connectivity index (χ2v) is 7.82. The highest BCUT2D eigenvalue weighted by Gasteiger charge is 2.34. The van der Waals surface area contributed by atoms with Crippen molar-refractivity contribution in [2.24, 2.45) is 0 Å². The predicted octanol–water partition coefficient (Wildman–Crippen LogP) is 3.37. The number of sulfone groups is 1. The minimum atomic E-state index is -4.81. The molecule has 0 saturated heterocycles. The number of nitrogens with one attached hydrogen (secondary N) is 1. The predicted molar refractivity (Wildman–Crippen MR) is 94.4 cm³/mol. The summed E-state index contributed by atoms with van der Waals surface area (Å²) in [6.07, 6.45) is -5.74. The molecule has 0 aliphatic carbocycles. The summed E-state index contributed by atoms with van der Waals surface area (Å²) >= 11 is 0. The molecule has 1 N–H and O–H groups in total. The third kappa shape index (κ3) is 7.51. The molecule has 0 fully saturated rings. The Bertz CT molecular complexity index is 717. The van der Waals surface area contributed by atoms with Crippen molar-refractivity contribution >= 4 is 27.3 Å². The highest BCUT2D eigenvalue weighted by atomic mass is 32.2. The SMILES string of the molecule is CCN(CC)c1ccc(NC(=O)OCCS(=O)(=O)CC(F)(F)F)c(C)c1. The number of nitrogens with zero attached hydrogens (tertiary/aromatic N) is 1. The first-order chi connectivity index (χ1) is 12.0. The number of amides is 1. The lowest BCUT2D eigenvalue weighted by Crippen LogP contribution is -2.27. The fourth-order valence-electron chi connectivity index (χ4n) is 2.30. The topological polar surface area (TPSA) is 75.7 Å². The molecular formula is C16H23F3N2O4S. The molecule has 0 unspecified atom stereocenters. The Morgan fingerprint density at radius 1 is 1.23 bits per heavy atom. The highest BCUT2D eigenvalue weighted by molar-refractivity contribution is 7.91. The molecule has 0 heterocycles. The Morgan fingerprint density at radius 3 is 2.35 bits per heavy atom. The number of alkyl halides is 3. The number of aryl methyl sites for hydroxylation is 1. The molecule has 148 valence electrons. The quantitative estimate of drug-likeness (QED) is 0.729. The summed E-state index contributed by atoms with van der Waals surface area (Å²) in [4.78, 5) is 13.8. The van der Waals surface area contributed by atoms with E-state index in [0.29, 0.717) is 5.69 Å². The summed E-state index contributed by atoms with van der Waals surface area (Å²) in [6.45, 7) is 6.84. The van der Waals surface area contributed by atoms with Crippen molar-refractivity contribution in [3.8, 4) is 0 Å². The van der Waals surface area contributed by atoms with Crippen LogP contribution < -0.4 is 10.2 Å². The maximum atomic E-state index is 12.1. The van der Waals surface area contributed by atoms with Crippen LogP contribution in [0.2, 0.25) is 0 Å². The van der Waals surface area contributed by atoms with Crippen molar-refractivity contribution in [2.45, 2.75) is 26.9 Å². The molecule has 6 nitrogen and oxygen atoms in total. The molecular weight excluding hydrogens is 373 g/mol. The zero-order valence-corrected chi connectivity index (χ0v) is 15.7. The Balaban J connectivity index is 2.58. The van der Waals surface area contributed by atoms with Crippen LogP contribution in [0.15, 0.2) is 18.2 Å². The molecule has 1 aromatic carbocycles. The molecule has 0 aliphatic heterocycles. The first kappa shape index (κ1) is 22.1. The average Bonchev–Trinajstić information content (AvgIpc) is 2.48. The van der Waals surface area contributed by atoms with Gasteiger partial charge in [-0.2, -0.15) is 13.2 Å². The van der Waals surface area contributed by atoms with Crippen LogP contribution in [0.5, 0.6) is 0 Å². The molecule has 26 heavy (non-hydrogen) atoms. The zero-order chi connectivity index (χ0) is 20.0. The standard InChI is InChI=1S/C16H23F3N2O4S/c1-4-21(5-2)13-6-7-14(12(3)10-13)20-15(22)25-8-9-26(23,24)11-16(17,18)19/h6-7,10H,4-5,8-9,11H2,1-3H3,(H,20,22). The molecule has 0 radical (unpaired) electrons. The number of benzene rings is 1. The second-order valence-electron chi connectivity index (χ2n) is 5.64. The van der Waals surface area contributed by atoms with Gasteiger partial charge in [-0.1, -0.05) is 0 Å². The number of carbonyl (C=O) groups excluding carboxylic acids is 1. The number of hydrogen-bond acceptors (Lipinski definition) is 5. The van der Waals surface area contributed by atoms with Gasteiger partial charge in [0, 0.05) is 24.5 Å². The number of halogens is 3. The normalized spacial score (nSPS) is 11.9. The van der Waals surface area contributed by atoms with Gasteiger partial charge in [0.25, 0.3) is 0 Å². The van der Waals surface area contributed by atoms with Crippen LogP contribution >= 0.6 is 0 Å². The molecule has 1 rings (SSSR count). The molecule has 0 aromatic heterocycles. The molecule has 0 bridgehead atoms. The summed E-state index contributed by atoms with van der Waals surface area (Å²) < 4.78 is 63.5. The number of anilines is 2. The molecule has 0 aliphatic rings. The van der Waals surface area contributed by atoms with E-state index in [1.165, 1.54) is 0 Å². The zero-order valence-electron chi connectivity index (χ0n) is 14.9. The Hall–Kier alpha value is -1.97. The molecule has 10 heteroatoms. The summed E-state index contributed by atoms with van der Waals surface area (Å²) in [7, 11) is -4.37. The van der Waals surface area contributed by atoms with E-state index in [0.717, 1.165) is 24.3 Å². The van der Waals surface area contributed by atoms with Crippen molar-refractivity contribution in [2.75, 3.05) is 41.4 Å². The van der Waals surface area contributed by atoms with Crippen LogP contribution in [0.1, 0.15) is 19.4 Å². The maximum Gasteiger partial charge on any atom is 0.411 e. The van der Waals surface area contributed by atoms with E-state index in [2.05, 4.69) is 15.0 Å². The molecule has 0 atom stereocenters. The first-order valence-corrected chi connectivity index (χ1v) is 9.86. The van der Waals surface area contributed by atoms with Gasteiger partial charge in [-0.25, -0.2) is 13.2 Å². The van der Waals surface area contributed by atoms with Crippen LogP contribution in [-0.2, 0) is 14.6 Å². The smallest absolute Gasteiger partial charge is 0.411 e. The first-order valence-electron chi connectivity index (χ1n) is 8.04. The van der Waals surface area contributed by atoms with E-state index in [1.54, 1.807) is 13.0 Å². The summed E-state index contributed by atoms with van der Waals surface area (Å²) in [5.41, 5.74) is 2.24. The Morgan fingerprint density at radius 2 is 1.85 bits per heavy atom. The summed E-state index contributed by atoms with van der Waals surface area (Å²) in [5.74, 6) is -2.82. The number of rotatable bonds is 8. The van der Waals surface area contributed by atoms with E-state index in [1.807, 2.05) is 26.0 Å². The third-order valence-electron chi connectivity index (χ3n) is 3.59. The fraction of sp³-hybridized carbons (Fsp3) is 0.562. The maximum absolute atomic E-state index is 12.1. The molecule has 0 saturated carbocycles. The van der Waals surface area contributed by atoms with Gasteiger partial charge in [-0.05, 0) is 44.5 Å². The van der Waals surface area contributed by atoms with E-state index in [4.69, 9.17) is 0 Å². The molecule has 0 spiro atoms. The van der Waals surface area contributed by atoms with Crippen LogP contribution in [-0.4, -0.2) is 51.9 Å². The van der Waals surface area contributed by atoms with Crippen LogP contribution in [0.3, 0.4) is 0 Å². The largest absolute Gasteiger partial charge is 0.448 e. The van der Waals surface area contributed by atoms with Crippen molar-refractivity contribution in [1.29, 1.82) is 0 Å². The van der Waals surface area contributed by atoms with Crippen LogP contribution in [0.25, 0.3) is 0 Å². The molecule has 1 amide bonds. The van der Waals surface area contributed by atoms with Crippen molar-refractivity contribution in [3.05, 3.63) is 23.8 Å². The van der Waals surface area contributed by atoms with Gasteiger partial charge < -0.3 is 9.64 Å². The Labute approximate surface area is 151 Å². The monoisotopic (exact) mass is 396 g/mol. The number of ether oxygens (including phenoxy) is 1.